The number of ether oxygens (including phenoxy) is 2. The molecular weight excluding hydrogens is 584 g/mol. The molecule has 45 heavy (non-hydrogen) atoms. The number of benzene rings is 4. The molecule has 0 atom stereocenters. The molecule has 0 fully saturated rings. The second kappa shape index (κ2) is 14.5. The zero-order valence-corrected chi connectivity index (χ0v) is 26.8. The van der Waals surface area contributed by atoms with Gasteiger partial charge in [-0.05, 0) is 98.5 Å². The lowest BCUT2D eigenvalue weighted by atomic mass is 9.98. The van der Waals surface area contributed by atoms with E-state index in [1.54, 1.807) is 66.7 Å². The smallest absolute Gasteiger partial charge is 0.210 e. The van der Waals surface area contributed by atoms with Crippen LogP contribution in [0.25, 0.3) is 0 Å². The van der Waals surface area contributed by atoms with Crippen molar-refractivity contribution in [3.63, 3.8) is 0 Å². The molecular formula is C38H38O6S. The first-order valence-electron chi connectivity index (χ1n) is 15.0. The first-order chi connectivity index (χ1) is 21.5. The largest absolute Gasteiger partial charge is 0.457 e. The Hall–Kier alpha value is -4.53. The molecule has 0 aliphatic rings. The summed E-state index contributed by atoms with van der Waals surface area (Å²) in [6, 6.07) is 26.8. The Morgan fingerprint density at radius 3 is 1.60 bits per heavy atom. The van der Waals surface area contributed by atoms with E-state index < -0.39 is 21.0 Å². The summed E-state index contributed by atoms with van der Waals surface area (Å²) in [4.78, 5) is 0.105. The maximum Gasteiger partial charge on any atom is 0.210 e. The van der Waals surface area contributed by atoms with Crippen LogP contribution in [-0.2, 0) is 9.84 Å². The summed E-state index contributed by atoms with van der Waals surface area (Å²) in [5, 5.41) is 21.0. The lowest BCUT2D eigenvalue weighted by Crippen LogP contribution is -2.23. The van der Waals surface area contributed by atoms with Crippen molar-refractivity contribution in [3.8, 4) is 46.7 Å². The number of hydrogen-bond donors (Lipinski definition) is 2. The number of sulfone groups is 1. The van der Waals surface area contributed by atoms with Gasteiger partial charge in [0.15, 0.2) is 0 Å². The fourth-order valence-corrected chi connectivity index (χ4v) is 5.72. The number of rotatable bonds is 10. The SMILES string of the molecule is CCC(O)(C#Cc1cccc(Oc2ccc(S(=O)(=O)c3ccccc3Oc3cccc(C#CC(O)(CC)CC)c3)cc2)c1)CC. The Morgan fingerprint density at radius 1 is 0.600 bits per heavy atom. The lowest BCUT2D eigenvalue weighted by Gasteiger charge is -2.17. The predicted octanol–water partition coefficient (Wildman–Crippen LogP) is 7.91. The van der Waals surface area contributed by atoms with Crippen molar-refractivity contribution in [1.82, 2.24) is 0 Å². The van der Waals surface area contributed by atoms with Gasteiger partial charge < -0.3 is 19.7 Å². The van der Waals surface area contributed by atoms with E-state index in [0.717, 1.165) is 0 Å². The van der Waals surface area contributed by atoms with Crippen molar-refractivity contribution < 1.29 is 28.1 Å². The van der Waals surface area contributed by atoms with Gasteiger partial charge >= 0.3 is 0 Å². The fourth-order valence-electron chi connectivity index (χ4n) is 4.34. The van der Waals surface area contributed by atoms with Crippen LogP contribution in [0.1, 0.15) is 64.5 Å². The normalized spacial score (nSPS) is 11.5. The van der Waals surface area contributed by atoms with Crippen LogP contribution in [0.15, 0.2) is 107 Å². The molecule has 0 bridgehead atoms. The Morgan fingerprint density at radius 2 is 1.09 bits per heavy atom. The zero-order valence-electron chi connectivity index (χ0n) is 26.0. The van der Waals surface area contributed by atoms with Crippen LogP contribution >= 0.6 is 0 Å². The van der Waals surface area contributed by atoms with Gasteiger partial charge in [0, 0.05) is 11.1 Å². The summed E-state index contributed by atoms with van der Waals surface area (Å²) in [6.07, 6.45) is 2.09. The van der Waals surface area contributed by atoms with Crippen LogP contribution in [0.5, 0.6) is 23.0 Å². The first kappa shape index (κ1) is 33.4. The molecule has 232 valence electrons. The summed E-state index contributed by atoms with van der Waals surface area (Å²) in [6.45, 7) is 7.55. The van der Waals surface area contributed by atoms with Gasteiger partial charge in [-0.25, -0.2) is 8.42 Å². The molecule has 0 aliphatic heterocycles. The van der Waals surface area contributed by atoms with Crippen molar-refractivity contribution in [2.45, 2.75) is 74.4 Å². The van der Waals surface area contributed by atoms with E-state index in [4.69, 9.17) is 9.47 Å². The van der Waals surface area contributed by atoms with Crippen LogP contribution in [-0.4, -0.2) is 29.8 Å². The molecule has 0 saturated carbocycles. The fraction of sp³-hybridized carbons (Fsp3) is 0.263. The van der Waals surface area contributed by atoms with E-state index in [0.29, 0.717) is 54.1 Å². The molecule has 0 unspecified atom stereocenters. The van der Waals surface area contributed by atoms with Crippen LogP contribution in [0.2, 0.25) is 0 Å². The standard InChI is InChI=1S/C38H38O6S/c1-5-37(39,6-2)25-23-29-13-11-15-32(27-29)43-31-19-21-34(22-20-31)45(41,42)36-18-10-9-17-35(36)44-33-16-12-14-30(28-33)24-26-38(40,7-3)8-4/h9-22,27-28,39-40H,5-8H2,1-4H3. The third-order valence-electron chi connectivity index (χ3n) is 7.62. The topological polar surface area (TPSA) is 93.1 Å². The molecule has 7 heteroatoms. The van der Waals surface area contributed by atoms with E-state index in [2.05, 4.69) is 23.7 Å². The van der Waals surface area contributed by atoms with Crippen molar-refractivity contribution >= 4 is 9.84 Å². The van der Waals surface area contributed by atoms with Crippen molar-refractivity contribution in [1.29, 1.82) is 0 Å². The maximum atomic E-state index is 13.7. The van der Waals surface area contributed by atoms with E-state index in [1.807, 2.05) is 39.8 Å². The van der Waals surface area contributed by atoms with Gasteiger partial charge in [0.05, 0.1) is 4.90 Å². The Labute approximate surface area is 266 Å². The molecule has 0 radical (unpaired) electrons. The van der Waals surface area contributed by atoms with E-state index in [-0.39, 0.29) is 15.5 Å². The summed E-state index contributed by atoms with van der Waals surface area (Å²) < 4.78 is 39.4. The quantitative estimate of drug-likeness (QED) is 0.175. The van der Waals surface area contributed by atoms with Crippen LogP contribution < -0.4 is 9.47 Å². The summed E-state index contributed by atoms with van der Waals surface area (Å²) >= 11 is 0. The molecule has 0 amide bonds. The number of aliphatic hydroxyl groups is 2. The predicted molar refractivity (Wildman–Crippen MR) is 176 cm³/mol. The minimum atomic E-state index is -3.94. The third kappa shape index (κ3) is 8.56. The van der Waals surface area contributed by atoms with Gasteiger partial charge in [0.1, 0.15) is 39.1 Å². The molecule has 0 heterocycles. The van der Waals surface area contributed by atoms with Gasteiger partial charge in [0.2, 0.25) is 9.84 Å². The number of para-hydroxylation sites is 1. The van der Waals surface area contributed by atoms with Crippen LogP contribution in [0.3, 0.4) is 0 Å². The Bertz CT molecular complexity index is 1850. The minimum absolute atomic E-state index is 0.0203. The average Bonchev–Trinajstić information content (AvgIpc) is 3.07. The van der Waals surface area contributed by atoms with Gasteiger partial charge in [-0.2, -0.15) is 0 Å². The molecule has 4 aromatic rings. The molecule has 0 spiro atoms. The summed E-state index contributed by atoms with van der Waals surface area (Å²) in [7, 11) is -3.94. The second-order valence-corrected chi connectivity index (χ2v) is 12.6. The summed E-state index contributed by atoms with van der Waals surface area (Å²) in [5.74, 6) is 13.5. The third-order valence-corrected chi connectivity index (χ3v) is 9.43. The van der Waals surface area contributed by atoms with Gasteiger partial charge in [-0.1, -0.05) is 75.6 Å². The molecule has 6 nitrogen and oxygen atoms in total. The number of hydrogen-bond acceptors (Lipinski definition) is 6. The van der Waals surface area contributed by atoms with Gasteiger partial charge in [-0.15, -0.1) is 0 Å². The lowest BCUT2D eigenvalue weighted by molar-refractivity contribution is 0.0927. The maximum absolute atomic E-state index is 13.7. The van der Waals surface area contributed by atoms with Crippen LogP contribution in [0, 0.1) is 23.7 Å². The molecule has 0 saturated heterocycles. The van der Waals surface area contributed by atoms with E-state index >= 15 is 0 Å². The van der Waals surface area contributed by atoms with Crippen molar-refractivity contribution in [2.24, 2.45) is 0 Å². The van der Waals surface area contributed by atoms with E-state index in [9.17, 15) is 18.6 Å². The summed E-state index contributed by atoms with van der Waals surface area (Å²) in [5.41, 5.74) is -0.750. The van der Waals surface area contributed by atoms with Crippen molar-refractivity contribution in [3.05, 3.63) is 108 Å². The molecule has 4 aromatic carbocycles. The zero-order chi connectivity index (χ0) is 32.5. The highest BCUT2D eigenvalue weighted by atomic mass is 32.2. The minimum Gasteiger partial charge on any atom is -0.457 e. The highest BCUT2D eigenvalue weighted by Gasteiger charge is 2.23. The Kier molecular flexibility index (Phi) is 10.8. The molecule has 2 N–H and O–H groups in total. The monoisotopic (exact) mass is 622 g/mol. The van der Waals surface area contributed by atoms with Crippen molar-refractivity contribution in [2.75, 3.05) is 0 Å². The Balaban J connectivity index is 1.53. The molecule has 0 aromatic heterocycles. The average molecular weight is 623 g/mol. The molecule has 4 rings (SSSR count). The molecule has 0 aliphatic carbocycles. The second-order valence-electron chi connectivity index (χ2n) is 10.7. The highest BCUT2D eigenvalue weighted by Crippen LogP contribution is 2.34. The van der Waals surface area contributed by atoms with Gasteiger partial charge in [-0.3, -0.25) is 0 Å². The first-order valence-corrected chi connectivity index (χ1v) is 16.5. The van der Waals surface area contributed by atoms with Gasteiger partial charge in [0.25, 0.3) is 0 Å². The van der Waals surface area contributed by atoms with E-state index in [1.165, 1.54) is 18.2 Å². The van der Waals surface area contributed by atoms with Crippen LogP contribution in [0.4, 0.5) is 0 Å². The highest BCUT2D eigenvalue weighted by molar-refractivity contribution is 7.91.